The first kappa shape index (κ1) is 16.9. The summed E-state index contributed by atoms with van der Waals surface area (Å²) in [4.78, 5) is 6.24. The van der Waals surface area contributed by atoms with Crippen LogP contribution in [0.5, 0.6) is 0 Å². The highest BCUT2D eigenvalue weighted by Gasteiger charge is 2.07. The maximum Gasteiger partial charge on any atom is 0.193 e. The van der Waals surface area contributed by atoms with E-state index in [4.69, 9.17) is 0 Å². The van der Waals surface area contributed by atoms with Crippen molar-refractivity contribution in [3.05, 3.63) is 71.3 Å². The fourth-order valence-electron chi connectivity index (χ4n) is 2.39. The third-order valence-corrected chi connectivity index (χ3v) is 3.46. The van der Waals surface area contributed by atoms with Gasteiger partial charge in [-0.1, -0.05) is 30.3 Å². The second kappa shape index (κ2) is 8.27. The van der Waals surface area contributed by atoms with Crippen LogP contribution < -0.4 is 5.32 Å². The highest BCUT2D eigenvalue weighted by Crippen LogP contribution is 2.08. The van der Waals surface area contributed by atoms with Crippen molar-refractivity contribution in [1.82, 2.24) is 10.2 Å². The fourth-order valence-corrected chi connectivity index (χ4v) is 2.39. The Balaban J connectivity index is 1.87. The topological polar surface area (TPSA) is 27.6 Å². The van der Waals surface area contributed by atoms with Gasteiger partial charge in [-0.3, -0.25) is 4.99 Å². The fraction of sp³-hybridized carbons (Fsp3) is 0.278. The summed E-state index contributed by atoms with van der Waals surface area (Å²) in [6.45, 7) is 1.28. The van der Waals surface area contributed by atoms with Gasteiger partial charge in [0.1, 0.15) is 11.6 Å². The molecule has 0 saturated carbocycles. The number of nitrogens with zero attached hydrogens (tertiary/aromatic N) is 2. The smallest absolute Gasteiger partial charge is 0.193 e. The molecule has 122 valence electrons. The molecule has 0 aromatic heterocycles. The largest absolute Gasteiger partial charge is 0.356 e. The second-order valence-corrected chi connectivity index (χ2v) is 5.34. The van der Waals surface area contributed by atoms with Gasteiger partial charge in [-0.05, 0) is 29.7 Å². The van der Waals surface area contributed by atoms with Crippen LogP contribution in [0.1, 0.15) is 11.1 Å². The van der Waals surface area contributed by atoms with E-state index >= 15 is 0 Å². The first-order valence-electron chi connectivity index (χ1n) is 7.49. The second-order valence-electron chi connectivity index (χ2n) is 5.34. The molecule has 0 aliphatic rings. The van der Waals surface area contributed by atoms with Crippen molar-refractivity contribution in [3.8, 4) is 0 Å². The molecule has 2 rings (SSSR count). The summed E-state index contributed by atoms with van der Waals surface area (Å²) >= 11 is 0. The van der Waals surface area contributed by atoms with Gasteiger partial charge in [0.15, 0.2) is 5.96 Å². The standard InChI is InChI=1S/C18H21F2N3/c1-21-18(23(2)13-14-6-4-3-5-7-14)22-9-8-15-10-16(19)12-17(20)11-15/h3-7,10-12H,8-9,13H2,1-2H3,(H,21,22). The van der Waals surface area contributed by atoms with E-state index in [1.807, 2.05) is 30.1 Å². The Bertz CT molecular complexity index is 636. The maximum atomic E-state index is 13.2. The molecule has 0 atom stereocenters. The van der Waals surface area contributed by atoms with Crippen molar-refractivity contribution in [3.63, 3.8) is 0 Å². The lowest BCUT2D eigenvalue weighted by Crippen LogP contribution is -2.39. The van der Waals surface area contributed by atoms with Crippen LogP contribution >= 0.6 is 0 Å². The number of aliphatic imine (C=N–C) groups is 1. The molecule has 0 spiro atoms. The Morgan fingerprint density at radius 2 is 1.70 bits per heavy atom. The lowest BCUT2D eigenvalue weighted by Gasteiger charge is -2.22. The minimum atomic E-state index is -0.550. The molecule has 0 aliphatic heterocycles. The normalized spacial score (nSPS) is 11.4. The van der Waals surface area contributed by atoms with E-state index in [-0.39, 0.29) is 0 Å². The molecule has 0 fully saturated rings. The van der Waals surface area contributed by atoms with Gasteiger partial charge in [0.2, 0.25) is 0 Å². The minimum Gasteiger partial charge on any atom is -0.356 e. The summed E-state index contributed by atoms with van der Waals surface area (Å²) < 4.78 is 26.3. The van der Waals surface area contributed by atoms with Gasteiger partial charge in [0.25, 0.3) is 0 Å². The Morgan fingerprint density at radius 3 is 2.30 bits per heavy atom. The Kier molecular flexibility index (Phi) is 6.09. The summed E-state index contributed by atoms with van der Waals surface area (Å²) in [6, 6.07) is 13.7. The van der Waals surface area contributed by atoms with E-state index in [9.17, 15) is 8.78 Å². The van der Waals surface area contributed by atoms with Gasteiger partial charge in [0.05, 0.1) is 0 Å². The Labute approximate surface area is 135 Å². The molecular weight excluding hydrogens is 296 g/mol. The van der Waals surface area contributed by atoms with Gasteiger partial charge in [-0.25, -0.2) is 8.78 Å². The molecule has 0 amide bonds. The number of nitrogens with one attached hydrogen (secondary N) is 1. The zero-order chi connectivity index (χ0) is 16.7. The van der Waals surface area contributed by atoms with E-state index in [0.29, 0.717) is 18.5 Å². The van der Waals surface area contributed by atoms with Crippen LogP contribution in [0, 0.1) is 11.6 Å². The molecule has 0 heterocycles. The van der Waals surface area contributed by atoms with Gasteiger partial charge in [0, 0.05) is 33.3 Å². The van der Waals surface area contributed by atoms with Crippen LogP contribution in [0.15, 0.2) is 53.5 Å². The third-order valence-electron chi connectivity index (χ3n) is 3.46. The zero-order valence-corrected chi connectivity index (χ0v) is 13.4. The first-order valence-corrected chi connectivity index (χ1v) is 7.49. The van der Waals surface area contributed by atoms with E-state index in [1.165, 1.54) is 17.7 Å². The van der Waals surface area contributed by atoms with Crippen molar-refractivity contribution in [2.45, 2.75) is 13.0 Å². The Morgan fingerprint density at radius 1 is 1.04 bits per heavy atom. The average molecular weight is 317 g/mol. The molecule has 0 aliphatic carbocycles. The summed E-state index contributed by atoms with van der Waals surface area (Å²) in [5, 5.41) is 3.21. The van der Waals surface area contributed by atoms with Crippen LogP contribution in [0.4, 0.5) is 8.78 Å². The molecule has 2 aromatic rings. The van der Waals surface area contributed by atoms with E-state index in [2.05, 4.69) is 22.4 Å². The molecular formula is C18H21F2N3. The van der Waals surface area contributed by atoms with Crippen molar-refractivity contribution < 1.29 is 8.78 Å². The number of hydrogen-bond donors (Lipinski definition) is 1. The van der Waals surface area contributed by atoms with E-state index in [1.54, 1.807) is 7.05 Å². The molecule has 23 heavy (non-hydrogen) atoms. The monoisotopic (exact) mass is 317 g/mol. The van der Waals surface area contributed by atoms with Crippen molar-refractivity contribution >= 4 is 5.96 Å². The predicted molar refractivity (Wildman–Crippen MR) is 89.3 cm³/mol. The lowest BCUT2D eigenvalue weighted by atomic mass is 10.1. The number of benzene rings is 2. The number of rotatable bonds is 5. The number of halogens is 2. The molecule has 0 radical (unpaired) electrons. The van der Waals surface area contributed by atoms with E-state index in [0.717, 1.165) is 18.6 Å². The average Bonchev–Trinajstić information content (AvgIpc) is 2.51. The molecule has 0 saturated heterocycles. The molecule has 0 bridgehead atoms. The molecule has 1 N–H and O–H groups in total. The van der Waals surface area contributed by atoms with Crippen molar-refractivity contribution in [2.75, 3.05) is 20.6 Å². The highest BCUT2D eigenvalue weighted by molar-refractivity contribution is 5.79. The Hall–Kier alpha value is -2.43. The quantitative estimate of drug-likeness (QED) is 0.677. The lowest BCUT2D eigenvalue weighted by molar-refractivity contribution is 0.477. The van der Waals surface area contributed by atoms with Gasteiger partial charge in [-0.2, -0.15) is 0 Å². The summed E-state index contributed by atoms with van der Waals surface area (Å²) in [6.07, 6.45) is 0.521. The highest BCUT2D eigenvalue weighted by atomic mass is 19.1. The molecule has 5 heteroatoms. The third kappa shape index (κ3) is 5.36. The van der Waals surface area contributed by atoms with Crippen LogP contribution in [0.2, 0.25) is 0 Å². The SMILES string of the molecule is CN=C(NCCc1cc(F)cc(F)c1)N(C)Cc1ccccc1. The maximum absolute atomic E-state index is 13.2. The van der Waals surface area contributed by atoms with Gasteiger partial charge >= 0.3 is 0 Å². The first-order chi connectivity index (χ1) is 11.1. The predicted octanol–water partition coefficient (Wildman–Crippen LogP) is 3.21. The number of guanidine groups is 1. The van der Waals surface area contributed by atoms with Crippen LogP contribution in [0.3, 0.4) is 0 Å². The summed E-state index contributed by atoms with van der Waals surface area (Å²) in [5.41, 5.74) is 1.81. The zero-order valence-electron chi connectivity index (χ0n) is 13.4. The molecule has 0 unspecified atom stereocenters. The minimum absolute atomic E-state index is 0.521. The summed E-state index contributed by atoms with van der Waals surface area (Å²) in [5.74, 6) is -0.359. The van der Waals surface area contributed by atoms with Gasteiger partial charge < -0.3 is 10.2 Å². The molecule has 2 aromatic carbocycles. The number of hydrogen-bond acceptors (Lipinski definition) is 1. The van der Waals surface area contributed by atoms with Crippen LogP contribution in [-0.4, -0.2) is 31.5 Å². The van der Waals surface area contributed by atoms with Crippen molar-refractivity contribution in [1.29, 1.82) is 0 Å². The van der Waals surface area contributed by atoms with Gasteiger partial charge in [-0.15, -0.1) is 0 Å². The van der Waals surface area contributed by atoms with E-state index < -0.39 is 11.6 Å². The van der Waals surface area contributed by atoms with Crippen LogP contribution in [0.25, 0.3) is 0 Å². The van der Waals surface area contributed by atoms with Crippen molar-refractivity contribution in [2.24, 2.45) is 4.99 Å². The van der Waals surface area contributed by atoms with Crippen LogP contribution in [-0.2, 0) is 13.0 Å². The molecule has 3 nitrogen and oxygen atoms in total. The summed E-state index contributed by atoms with van der Waals surface area (Å²) in [7, 11) is 3.66.